The van der Waals surface area contributed by atoms with E-state index in [1.165, 1.54) is 53.9 Å². The van der Waals surface area contributed by atoms with Crippen LogP contribution in [0.3, 0.4) is 0 Å². The van der Waals surface area contributed by atoms with Gasteiger partial charge in [-0.1, -0.05) is 152 Å². The Hall–Kier alpha value is -8.72. The van der Waals surface area contributed by atoms with E-state index in [0.29, 0.717) is 23.0 Å². The summed E-state index contributed by atoms with van der Waals surface area (Å²) in [6.07, 6.45) is 0. The highest BCUT2D eigenvalue weighted by Crippen LogP contribution is 2.45. The molecule has 2 heterocycles. The molecule has 0 aliphatic rings. The van der Waals surface area contributed by atoms with Gasteiger partial charge < -0.3 is 4.42 Å². The van der Waals surface area contributed by atoms with Crippen LogP contribution < -0.4 is 0 Å². The molecule has 5 nitrogen and oxygen atoms in total. The Labute approximate surface area is 361 Å². The lowest BCUT2D eigenvalue weighted by Gasteiger charge is -2.17. The molecule has 0 aliphatic heterocycles. The largest absolute Gasteiger partial charge is 0.456 e. The van der Waals surface area contributed by atoms with Gasteiger partial charge in [0.1, 0.15) is 11.3 Å². The second-order valence-corrected chi connectivity index (χ2v) is 16.2. The summed E-state index contributed by atoms with van der Waals surface area (Å²) in [6, 6.07) is 70.0. The number of fused-ring (bicyclic) bond motifs is 3. The summed E-state index contributed by atoms with van der Waals surface area (Å²) >= 11 is 0. The van der Waals surface area contributed by atoms with Crippen molar-refractivity contribution in [2.75, 3.05) is 0 Å². The number of furan rings is 1. The summed E-state index contributed by atoms with van der Waals surface area (Å²) in [5.74, 6) is 2.40. The summed E-state index contributed by atoms with van der Waals surface area (Å²) in [5, 5.41) is 25.0. The number of nitrogens with zero attached hydrogens (tertiary/aromatic N) is 4. The zero-order chi connectivity index (χ0) is 41.6. The van der Waals surface area contributed by atoms with Crippen molar-refractivity contribution in [3.63, 3.8) is 0 Å². The Morgan fingerprint density at radius 3 is 1.57 bits per heavy atom. The number of benzene rings is 10. The van der Waals surface area contributed by atoms with Crippen LogP contribution in [0.15, 0.2) is 199 Å². The molecule has 0 saturated carbocycles. The van der Waals surface area contributed by atoms with Gasteiger partial charge in [-0.2, -0.15) is 5.26 Å². The normalized spacial score (nSPS) is 11.8. The standard InChI is InChI=1S/C58H32N4O/c59-33-34-21-23-35(24-22-34)39-13-5-14-42(29-39)56-60-57(62-58(61-56)48-16-3-2-15-44(48)51-32-40-9-1-4-20-50(40)63-51)43-30-41-28-27-38-11-7-18-46-45-17-6-10-36-25-26-37-12-8-19-47(54(37)52(36)45)49(31-43)55(41)53(38)46/h1-32H. The van der Waals surface area contributed by atoms with Crippen LogP contribution in [0.5, 0.6) is 0 Å². The predicted octanol–water partition coefficient (Wildman–Crippen LogP) is 15.2. The van der Waals surface area contributed by atoms with Crippen molar-refractivity contribution in [3.05, 3.63) is 200 Å². The first-order chi connectivity index (χ1) is 31.1. The van der Waals surface area contributed by atoms with Gasteiger partial charge in [0.25, 0.3) is 0 Å². The van der Waals surface area contributed by atoms with Crippen molar-refractivity contribution in [2.45, 2.75) is 0 Å². The third-order valence-electron chi connectivity index (χ3n) is 12.6. The fourth-order valence-electron chi connectivity index (χ4n) is 9.75. The first-order valence-electron chi connectivity index (χ1n) is 21.1. The minimum Gasteiger partial charge on any atom is -0.456 e. The molecule has 0 atom stereocenters. The monoisotopic (exact) mass is 800 g/mol. The molecule has 13 rings (SSSR count). The van der Waals surface area contributed by atoms with Gasteiger partial charge in [-0.15, -0.1) is 0 Å². The molecule has 63 heavy (non-hydrogen) atoms. The molecule has 0 aliphatic carbocycles. The molecule has 5 heteroatoms. The van der Waals surface area contributed by atoms with E-state index in [-0.39, 0.29) is 0 Å². The maximum absolute atomic E-state index is 9.46. The van der Waals surface area contributed by atoms with E-state index >= 15 is 0 Å². The molecule has 0 spiro atoms. The van der Waals surface area contributed by atoms with Gasteiger partial charge in [-0.25, -0.2) is 15.0 Å². The average molecular weight is 801 g/mol. The van der Waals surface area contributed by atoms with E-state index in [0.717, 1.165) is 60.9 Å². The maximum Gasteiger partial charge on any atom is 0.164 e. The van der Waals surface area contributed by atoms with Crippen molar-refractivity contribution >= 4 is 75.6 Å². The molecular weight excluding hydrogens is 769 g/mol. The van der Waals surface area contributed by atoms with Crippen molar-refractivity contribution in [3.8, 4) is 62.7 Å². The average Bonchev–Trinajstić information content (AvgIpc) is 3.79. The van der Waals surface area contributed by atoms with Gasteiger partial charge in [0, 0.05) is 27.6 Å². The van der Waals surface area contributed by atoms with Crippen LogP contribution in [0.25, 0.3) is 132 Å². The first kappa shape index (κ1) is 35.1. The highest BCUT2D eigenvalue weighted by Gasteiger charge is 2.21. The fourth-order valence-corrected chi connectivity index (χ4v) is 9.75. The number of nitriles is 1. The van der Waals surface area contributed by atoms with Crippen LogP contribution in [0, 0.1) is 11.3 Å². The highest BCUT2D eigenvalue weighted by molar-refractivity contribution is 6.37. The topological polar surface area (TPSA) is 75.6 Å². The van der Waals surface area contributed by atoms with Gasteiger partial charge in [0.05, 0.1) is 11.6 Å². The smallest absolute Gasteiger partial charge is 0.164 e. The van der Waals surface area contributed by atoms with Crippen LogP contribution in [-0.4, -0.2) is 15.0 Å². The van der Waals surface area contributed by atoms with Gasteiger partial charge in [-0.05, 0) is 118 Å². The number of para-hydroxylation sites is 1. The molecule has 290 valence electrons. The summed E-state index contributed by atoms with van der Waals surface area (Å²) in [4.78, 5) is 16.0. The first-order valence-corrected chi connectivity index (χ1v) is 21.1. The molecule has 0 saturated heterocycles. The third-order valence-corrected chi connectivity index (χ3v) is 12.6. The quantitative estimate of drug-likeness (QED) is 0.162. The SMILES string of the molecule is N#Cc1ccc(-c2cccc(-c3nc(-c4cc5ccc6cccc7c8cccc9ccc%10cccc(c(c4)c5c67)c%10c98)nc(-c4ccccc4-c4cc5ccccc5o4)n3)c2)cc1. The summed E-state index contributed by atoms with van der Waals surface area (Å²) in [5.41, 5.74) is 6.90. The molecule has 0 radical (unpaired) electrons. The minimum absolute atomic E-state index is 0.541. The molecular formula is C58H32N4O. The maximum atomic E-state index is 9.46. The van der Waals surface area contributed by atoms with E-state index in [9.17, 15) is 5.26 Å². The van der Waals surface area contributed by atoms with Crippen LogP contribution >= 0.6 is 0 Å². The van der Waals surface area contributed by atoms with Crippen LogP contribution in [0.4, 0.5) is 0 Å². The number of aromatic nitrogens is 3. The van der Waals surface area contributed by atoms with E-state index < -0.39 is 0 Å². The summed E-state index contributed by atoms with van der Waals surface area (Å²) in [6.45, 7) is 0. The Morgan fingerprint density at radius 1 is 0.349 bits per heavy atom. The van der Waals surface area contributed by atoms with Crippen LogP contribution in [-0.2, 0) is 0 Å². The van der Waals surface area contributed by atoms with Gasteiger partial charge in [0.15, 0.2) is 17.5 Å². The van der Waals surface area contributed by atoms with Crippen molar-refractivity contribution in [1.29, 1.82) is 5.26 Å². The van der Waals surface area contributed by atoms with E-state index in [2.05, 4.69) is 133 Å². The van der Waals surface area contributed by atoms with E-state index in [1.54, 1.807) is 0 Å². The molecule has 0 unspecified atom stereocenters. The van der Waals surface area contributed by atoms with Crippen molar-refractivity contribution in [2.24, 2.45) is 0 Å². The molecule has 0 fully saturated rings. The lowest BCUT2D eigenvalue weighted by Crippen LogP contribution is -2.01. The highest BCUT2D eigenvalue weighted by atomic mass is 16.3. The van der Waals surface area contributed by atoms with Crippen molar-refractivity contribution < 1.29 is 4.42 Å². The van der Waals surface area contributed by atoms with E-state index in [1.807, 2.05) is 66.7 Å². The van der Waals surface area contributed by atoms with Crippen molar-refractivity contribution in [1.82, 2.24) is 15.0 Å². The summed E-state index contributed by atoms with van der Waals surface area (Å²) < 4.78 is 6.45. The Kier molecular flexibility index (Phi) is 7.60. The lowest BCUT2D eigenvalue weighted by atomic mass is 9.87. The molecule has 2 aromatic heterocycles. The van der Waals surface area contributed by atoms with Crippen LogP contribution in [0.1, 0.15) is 5.56 Å². The Morgan fingerprint density at radius 2 is 0.889 bits per heavy atom. The third kappa shape index (κ3) is 5.52. The molecule has 11 aromatic carbocycles. The molecule has 0 amide bonds. The fraction of sp³-hybridized carbons (Fsp3) is 0. The number of hydrogen-bond donors (Lipinski definition) is 0. The Bertz CT molecular complexity index is 4010. The number of rotatable bonds is 5. The lowest BCUT2D eigenvalue weighted by molar-refractivity contribution is 0.631. The Balaban J connectivity index is 1.11. The van der Waals surface area contributed by atoms with Gasteiger partial charge in [-0.3, -0.25) is 0 Å². The molecule has 0 N–H and O–H groups in total. The minimum atomic E-state index is 0.541. The zero-order valence-corrected chi connectivity index (χ0v) is 33.7. The van der Waals surface area contributed by atoms with Crippen LogP contribution in [0.2, 0.25) is 0 Å². The predicted molar refractivity (Wildman–Crippen MR) is 258 cm³/mol. The van der Waals surface area contributed by atoms with E-state index in [4.69, 9.17) is 19.4 Å². The summed E-state index contributed by atoms with van der Waals surface area (Å²) in [7, 11) is 0. The molecule has 0 bridgehead atoms. The zero-order valence-electron chi connectivity index (χ0n) is 33.7. The van der Waals surface area contributed by atoms with Gasteiger partial charge in [0.2, 0.25) is 0 Å². The second kappa shape index (κ2) is 13.7. The number of hydrogen-bond acceptors (Lipinski definition) is 5. The van der Waals surface area contributed by atoms with Gasteiger partial charge >= 0.3 is 0 Å². The molecule has 13 aromatic rings. The second-order valence-electron chi connectivity index (χ2n) is 16.2.